The van der Waals surface area contributed by atoms with Gasteiger partial charge >= 0.3 is 6.03 Å². The molecule has 24 heavy (non-hydrogen) atoms. The molecular formula is C17H17Cl2N3O2. The number of amides is 3. The first kappa shape index (κ1) is 18.1. The van der Waals surface area contributed by atoms with E-state index in [1.165, 1.54) is 0 Å². The minimum atomic E-state index is -0.448. The van der Waals surface area contributed by atoms with Crippen LogP contribution in [0.25, 0.3) is 0 Å². The van der Waals surface area contributed by atoms with Gasteiger partial charge in [0.2, 0.25) is 5.91 Å². The van der Waals surface area contributed by atoms with E-state index in [2.05, 4.69) is 16.0 Å². The Morgan fingerprint density at radius 3 is 2.25 bits per heavy atom. The van der Waals surface area contributed by atoms with Crippen molar-refractivity contribution >= 4 is 52.2 Å². The second-order valence-electron chi connectivity index (χ2n) is 5.08. The molecule has 0 bridgehead atoms. The minimum Gasteiger partial charge on any atom is -0.326 e. The van der Waals surface area contributed by atoms with Gasteiger partial charge in [0.25, 0.3) is 0 Å². The highest BCUT2D eigenvalue weighted by Crippen LogP contribution is 2.26. The van der Waals surface area contributed by atoms with E-state index in [9.17, 15) is 9.59 Å². The molecule has 0 radical (unpaired) electrons. The van der Waals surface area contributed by atoms with E-state index in [4.69, 9.17) is 23.2 Å². The van der Waals surface area contributed by atoms with Gasteiger partial charge in [0, 0.05) is 22.8 Å². The van der Waals surface area contributed by atoms with Crippen molar-refractivity contribution in [1.29, 1.82) is 0 Å². The maximum atomic E-state index is 12.1. The average molecular weight is 366 g/mol. The van der Waals surface area contributed by atoms with Crippen molar-refractivity contribution < 1.29 is 9.59 Å². The Balaban J connectivity index is 2.03. The maximum Gasteiger partial charge on any atom is 0.323 e. The normalized spacial score (nSPS) is 10.1. The Labute approximate surface area is 150 Å². The van der Waals surface area contributed by atoms with Gasteiger partial charge in [-0.3, -0.25) is 4.79 Å². The van der Waals surface area contributed by atoms with Gasteiger partial charge < -0.3 is 16.0 Å². The summed E-state index contributed by atoms with van der Waals surface area (Å²) in [7, 11) is 0. The predicted octanol–water partition coefficient (Wildman–Crippen LogP) is 5.38. The number of hydrogen-bond donors (Lipinski definition) is 3. The Bertz CT molecular complexity index is 733. The molecule has 2 aromatic carbocycles. The number of nitrogens with one attached hydrogen (secondary N) is 3. The van der Waals surface area contributed by atoms with E-state index in [1.54, 1.807) is 42.5 Å². The van der Waals surface area contributed by atoms with Crippen LogP contribution in [0.4, 0.5) is 21.9 Å². The van der Waals surface area contributed by atoms with Crippen LogP contribution in [0.1, 0.15) is 19.8 Å². The number of hydrogen-bond acceptors (Lipinski definition) is 2. The zero-order valence-electron chi connectivity index (χ0n) is 13.0. The molecule has 7 heteroatoms. The average Bonchev–Trinajstić information content (AvgIpc) is 2.53. The van der Waals surface area contributed by atoms with E-state index in [-0.39, 0.29) is 5.91 Å². The molecule has 0 heterocycles. The molecule has 0 aliphatic rings. The molecule has 5 nitrogen and oxygen atoms in total. The fourth-order valence-electron chi connectivity index (χ4n) is 1.97. The van der Waals surface area contributed by atoms with Crippen LogP contribution in [0.5, 0.6) is 0 Å². The number of benzene rings is 2. The van der Waals surface area contributed by atoms with Crippen LogP contribution < -0.4 is 16.0 Å². The third-order valence-electron chi connectivity index (χ3n) is 3.08. The number of carbonyl (C=O) groups is 2. The number of halogens is 2. The largest absolute Gasteiger partial charge is 0.326 e. The van der Waals surface area contributed by atoms with Crippen molar-refractivity contribution in [3.05, 3.63) is 52.5 Å². The lowest BCUT2D eigenvalue weighted by Gasteiger charge is -2.11. The summed E-state index contributed by atoms with van der Waals surface area (Å²) < 4.78 is 0. The molecule has 0 aromatic heterocycles. The summed E-state index contributed by atoms with van der Waals surface area (Å²) in [4.78, 5) is 23.7. The second kappa shape index (κ2) is 8.57. The van der Waals surface area contributed by atoms with E-state index in [0.29, 0.717) is 33.5 Å². The number of rotatable bonds is 5. The molecule has 2 aromatic rings. The zero-order chi connectivity index (χ0) is 17.5. The second-order valence-corrected chi connectivity index (χ2v) is 5.92. The molecule has 0 unspecified atom stereocenters. The highest BCUT2D eigenvalue weighted by atomic mass is 35.5. The highest BCUT2D eigenvalue weighted by molar-refractivity contribution is 6.34. The minimum absolute atomic E-state index is 0.0867. The lowest BCUT2D eigenvalue weighted by Crippen LogP contribution is -2.20. The van der Waals surface area contributed by atoms with Gasteiger partial charge in [0.05, 0.1) is 10.7 Å². The van der Waals surface area contributed by atoms with Crippen LogP contribution in [0.2, 0.25) is 10.0 Å². The van der Waals surface area contributed by atoms with Gasteiger partial charge in [-0.15, -0.1) is 0 Å². The first-order chi connectivity index (χ1) is 11.5. The van der Waals surface area contributed by atoms with Crippen molar-refractivity contribution in [2.24, 2.45) is 0 Å². The summed E-state index contributed by atoms with van der Waals surface area (Å²) >= 11 is 11.9. The first-order valence-electron chi connectivity index (χ1n) is 7.41. The number of carbonyl (C=O) groups excluding carboxylic acids is 2. The molecular weight excluding hydrogens is 349 g/mol. The van der Waals surface area contributed by atoms with Crippen molar-refractivity contribution in [2.75, 3.05) is 16.0 Å². The molecule has 2 rings (SSSR count). The molecule has 0 aliphatic carbocycles. The van der Waals surface area contributed by atoms with Crippen molar-refractivity contribution in [1.82, 2.24) is 0 Å². The molecule has 0 atom stereocenters. The van der Waals surface area contributed by atoms with E-state index < -0.39 is 6.03 Å². The Morgan fingerprint density at radius 1 is 0.917 bits per heavy atom. The third-order valence-corrected chi connectivity index (χ3v) is 3.66. The molecule has 0 fully saturated rings. The molecule has 3 N–H and O–H groups in total. The lowest BCUT2D eigenvalue weighted by molar-refractivity contribution is -0.116. The van der Waals surface area contributed by atoms with Crippen LogP contribution in [0, 0.1) is 0 Å². The topological polar surface area (TPSA) is 70.2 Å². The Hall–Kier alpha value is -2.24. The lowest BCUT2D eigenvalue weighted by atomic mass is 10.2. The summed E-state index contributed by atoms with van der Waals surface area (Å²) in [6.45, 7) is 1.93. The molecule has 3 amide bonds. The van der Waals surface area contributed by atoms with Gasteiger partial charge in [-0.2, -0.15) is 0 Å². The van der Waals surface area contributed by atoms with Crippen molar-refractivity contribution in [3.63, 3.8) is 0 Å². The molecule has 0 saturated carbocycles. The standard InChI is InChI=1S/C17H17Cl2N3O2/c1-2-3-16(23)20-13-8-9-14(19)15(10-13)22-17(24)21-12-6-4-11(18)5-7-12/h4-10H,2-3H2,1H3,(H,20,23)(H2,21,22,24). The van der Waals surface area contributed by atoms with Crippen LogP contribution in [-0.2, 0) is 4.79 Å². The quantitative estimate of drug-likeness (QED) is 0.665. The monoisotopic (exact) mass is 365 g/mol. The summed E-state index contributed by atoms with van der Waals surface area (Å²) in [6.07, 6.45) is 1.19. The van der Waals surface area contributed by atoms with Crippen molar-refractivity contribution in [3.8, 4) is 0 Å². The van der Waals surface area contributed by atoms with E-state index in [0.717, 1.165) is 6.42 Å². The van der Waals surface area contributed by atoms with Gasteiger partial charge in [0.1, 0.15) is 0 Å². The zero-order valence-corrected chi connectivity index (χ0v) is 14.5. The van der Waals surface area contributed by atoms with Crippen LogP contribution in [0.3, 0.4) is 0 Å². The number of urea groups is 1. The van der Waals surface area contributed by atoms with Crippen LogP contribution in [-0.4, -0.2) is 11.9 Å². The molecule has 126 valence electrons. The van der Waals surface area contributed by atoms with Gasteiger partial charge in [-0.25, -0.2) is 4.79 Å². The summed E-state index contributed by atoms with van der Waals surface area (Å²) in [5.41, 5.74) is 1.57. The first-order valence-corrected chi connectivity index (χ1v) is 8.16. The Morgan fingerprint density at radius 2 is 1.58 bits per heavy atom. The predicted molar refractivity (Wildman–Crippen MR) is 99.1 cm³/mol. The van der Waals surface area contributed by atoms with Gasteiger partial charge in [0.15, 0.2) is 0 Å². The van der Waals surface area contributed by atoms with Crippen molar-refractivity contribution in [2.45, 2.75) is 19.8 Å². The summed E-state index contributed by atoms with van der Waals surface area (Å²) in [5.74, 6) is -0.0867. The van der Waals surface area contributed by atoms with Gasteiger partial charge in [-0.1, -0.05) is 30.1 Å². The fraction of sp³-hybridized carbons (Fsp3) is 0.176. The highest BCUT2D eigenvalue weighted by Gasteiger charge is 2.09. The number of anilines is 3. The van der Waals surface area contributed by atoms with Crippen LogP contribution in [0.15, 0.2) is 42.5 Å². The van der Waals surface area contributed by atoms with E-state index in [1.807, 2.05) is 6.92 Å². The maximum absolute atomic E-state index is 12.1. The summed E-state index contributed by atoms with van der Waals surface area (Å²) in [6, 6.07) is 11.2. The van der Waals surface area contributed by atoms with Gasteiger partial charge in [-0.05, 0) is 48.9 Å². The Kier molecular flexibility index (Phi) is 6.46. The smallest absolute Gasteiger partial charge is 0.323 e. The summed E-state index contributed by atoms with van der Waals surface area (Å²) in [5, 5.41) is 9.03. The van der Waals surface area contributed by atoms with E-state index >= 15 is 0 Å². The fourth-order valence-corrected chi connectivity index (χ4v) is 2.26. The van der Waals surface area contributed by atoms with Crippen LogP contribution >= 0.6 is 23.2 Å². The molecule has 0 aliphatic heterocycles. The molecule has 0 saturated heterocycles. The molecule has 0 spiro atoms. The SMILES string of the molecule is CCCC(=O)Nc1ccc(Cl)c(NC(=O)Nc2ccc(Cl)cc2)c1. The third kappa shape index (κ3) is 5.44.